The largest absolute Gasteiger partial charge is 0.292 e. The van der Waals surface area contributed by atoms with Crippen molar-refractivity contribution in [3.8, 4) is 28.2 Å². The zero-order valence-electron chi connectivity index (χ0n) is 15.7. The molecule has 134 valence electrons. The lowest BCUT2D eigenvalue weighted by Gasteiger charge is -2.14. The van der Waals surface area contributed by atoms with E-state index < -0.39 is 0 Å². The minimum atomic E-state index is 0.964. The van der Waals surface area contributed by atoms with Gasteiger partial charge in [0.1, 0.15) is 5.82 Å². The fourth-order valence-electron chi connectivity index (χ4n) is 3.83. The van der Waals surface area contributed by atoms with E-state index in [1.807, 2.05) is 12.1 Å². The second-order valence-corrected chi connectivity index (χ2v) is 6.96. The lowest BCUT2D eigenvalue weighted by atomic mass is 9.95. The van der Waals surface area contributed by atoms with Gasteiger partial charge in [0.15, 0.2) is 0 Å². The Morgan fingerprint density at radius 3 is 1.96 bits per heavy atom. The standard InChI is InChI=1S/C26H20N2/c1-19-11-5-6-14-21(19)22-15-7-8-16-23(22)26-27-24-17-9-10-18-25(24)28(26)20-12-3-2-4-13-20/h2-18H,1H3. The molecule has 28 heavy (non-hydrogen) atoms. The monoisotopic (exact) mass is 360 g/mol. The molecule has 1 heterocycles. The number of hydrogen-bond acceptors (Lipinski definition) is 1. The number of imidazole rings is 1. The lowest BCUT2D eigenvalue weighted by molar-refractivity contribution is 1.10. The molecule has 0 N–H and O–H groups in total. The highest BCUT2D eigenvalue weighted by atomic mass is 15.1. The summed E-state index contributed by atoms with van der Waals surface area (Å²) in [6, 6.07) is 35.8. The second kappa shape index (κ2) is 6.82. The Balaban J connectivity index is 1.84. The van der Waals surface area contributed by atoms with Crippen molar-refractivity contribution in [3.05, 3.63) is 109 Å². The van der Waals surface area contributed by atoms with Crippen molar-refractivity contribution >= 4 is 11.0 Å². The smallest absolute Gasteiger partial charge is 0.146 e. The summed E-state index contributed by atoms with van der Waals surface area (Å²) in [6.45, 7) is 2.16. The minimum Gasteiger partial charge on any atom is -0.292 e. The number of nitrogens with zero attached hydrogens (tertiary/aromatic N) is 2. The molecule has 1 aromatic heterocycles. The Morgan fingerprint density at radius 1 is 0.571 bits per heavy atom. The van der Waals surface area contributed by atoms with Crippen molar-refractivity contribution in [2.45, 2.75) is 6.92 Å². The molecular weight excluding hydrogens is 340 g/mol. The molecule has 0 amide bonds. The molecule has 0 atom stereocenters. The molecule has 0 bridgehead atoms. The van der Waals surface area contributed by atoms with Crippen LogP contribution in [0.15, 0.2) is 103 Å². The van der Waals surface area contributed by atoms with Gasteiger partial charge in [-0.25, -0.2) is 4.98 Å². The summed E-state index contributed by atoms with van der Waals surface area (Å²) in [6.07, 6.45) is 0. The molecule has 0 radical (unpaired) electrons. The van der Waals surface area contributed by atoms with Gasteiger partial charge >= 0.3 is 0 Å². The molecule has 0 fully saturated rings. The molecule has 0 aliphatic carbocycles. The van der Waals surface area contributed by atoms with Gasteiger partial charge in [0.05, 0.1) is 11.0 Å². The molecule has 0 saturated carbocycles. The Labute approximate surface area is 164 Å². The SMILES string of the molecule is Cc1ccccc1-c1ccccc1-c1nc2ccccc2n1-c1ccccc1. The van der Waals surface area contributed by atoms with Crippen molar-refractivity contribution in [1.82, 2.24) is 9.55 Å². The predicted octanol–water partition coefficient (Wildman–Crippen LogP) is 6.67. The van der Waals surface area contributed by atoms with E-state index >= 15 is 0 Å². The third-order valence-electron chi connectivity index (χ3n) is 5.18. The van der Waals surface area contributed by atoms with E-state index in [2.05, 4.69) is 102 Å². The summed E-state index contributed by atoms with van der Waals surface area (Å²) in [5.74, 6) is 0.964. The average Bonchev–Trinajstić information content (AvgIpc) is 3.14. The van der Waals surface area contributed by atoms with Crippen LogP contribution in [-0.4, -0.2) is 9.55 Å². The van der Waals surface area contributed by atoms with Gasteiger partial charge in [-0.15, -0.1) is 0 Å². The van der Waals surface area contributed by atoms with E-state index in [0.29, 0.717) is 0 Å². The van der Waals surface area contributed by atoms with Gasteiger partial charge in [-0.3, -0.25) is 4.57 Å². The topological polar surface area (TPSA) is 17.8 Å². The van der Waals surface area contributed by atoms with Crippen LogP contribution < -0.4 is 0 Å². The first kappa shape index (κ1) is 16.5. The van der Waals surface area contributed by atoms with E-state index in [1.54, 1.807) is 0 Å². The quantitative estimate of drug-likeness (QED) is 0.351. The van der Waals surface area contributed by atoms with E-state index in [0.717, 1.165) is 28.1 Å². The van der Waals surface area contributed by atoms with Gasteiger partial charge in [-0.2, -0.15) is 0 Å². The van der Waals surface area contributed by atoms with Crippen LogP contribution in [0.5, 0.6) is 0 Å². The number of para-hydroxylation sites is 3. The van der Waals surface area contributed by atoms with Crippen LogP contribution in [0, 0.1) is 6.92 Å². The van der Waals surface area contributed by atoms with Crippen molar-refractivity contribution in [1.29, 1.82) is 0 Å². The number of fused-ring (bicyclic) bond motifs is 1. The highest BCUT2D eigenvalue weighted by molar-refractivity contribution is 5.89. The number of benzene rings is 4. The van der Waals surface area contributed by atoms with Gasteiger partial charge in [0, 0.05) is 11.3 Å². The fraction of sp³-hybridized carbons (Fsp3) is 0.0385. The molecule has 0 saturated heterocycles. The summed E-state index contributed by atoms with van der Waals surface area (Å²) in [5.41, 5.74) is 8.07. The molecule has 0 spiro atoms. The van der Waals surface area contributed by atoms with Crippen LogP contribution in [0.1, 0.15) is 5.56 Å². The molecule has 4 aromatic carbocycles. The van der Waals surface area contributed by atoms with Crippen molar-refractivity contribution in [3.63, 3.8) is 0 Å². The molecular formula is C26H20N2. The fourth-order valence-corrected chi connectivity index (χ4v) is 3.83. The van der Waals surface area contributed by atoms with Gasteiger partial charge in [0.25, 0.3) is 0 Å². The van der Waals surface area contributed by atoms with E-state index in [-0.39, 0.29) is 0 Å². The Bertz CT molecular complexity index is 1270. The summed E-state index contributed by atoms with van der Waals surface area (Å²) in [7, 11) is 0. The van der Waals surface area contributed by atoms with E-state index in [1.165, 1.54) is 16.7 Å². The highest BCUT2D eigenvalue weighted by Crippen LogP contribution is 2.36. The number of aryl methyl sites for hydroxylation is 1. The van der Waals surface area contributed by atoms with Crippen LogP contribution in [0.4, 0.5) is 0 Å². The molecule has 5 rings (SSSR count). The summed E-state index contributed by atoms with van der Waals surface area (Å²) >= 11 is 0. The van der Waals surface area contributed by atoms with E-state index in [9.17, 15) is 0 Å². The number of aromatic nitrogens is 2. The van der Waals surface area contributed by atoms with Gasteiger partial charge in [0.2, 0.25) is 0 Å². The van der Waals surface area contributed by atoms with Crippen LogP contribution in [0.2, 0.25) is 0 Å². The van der Waals surface area contributed by atoms with Crippen LogP contribution in [-0.2, 0) is 0 Å². The van der Waals surface area contributed by atoms with Gasteiger partial charge in [-0.05, 0) is 47.9 Å². The zero-order chi connectivity index (χ0) is 18.9. The first-order chi connectivity index (χ1) is 13.8. The summed E-state index contributed by atoms with van der Waals surface area (Å²) in [4.78, 5) is 5.04. The average molecular weight is 360 g/mol. The Morgan fingerprint density at radius 2 is 1.18 bits per heavy atom. The Hall–Kier alpha value is -3.65. The third kappa shape index (κ3) is 2.71. The number of rotatable bonds is 3. The van der Waals surface area contributed by atoms with Gasteiger partial charge in [-0.1, -0.05) is 78.9 Å². The van der Waals surface area contributed by atoms with Crippen molar-refractivity contribution in [2.75, 3.05) is 0 Å². The van der Waals surface area contributed by atoms with Gasteiger partial charge < -0.3 is 0 Å². The normalized spacial score (nSPS) is 11.0. The molecule has 0 aliphatic rings. The summed E-state index contributed by atoms with van der Waals surface area (Å²) < 4.78 is 2.26. The van der Waals surface area contributed by atoms with Crippen molar-refractivity contribution in [2.24, 2.45) is 0 Å². The number of hydrogen-bond donors (Lipinski definition) is 0. The maximum Gasteiger partial charge on any atom is 0.146 e. The maximum atomic E-state index is 5.04. The molecule has 5 aromatic rings. The molecule has 0 aliphatic heterocycles. The third-order valence-corrected chi connectivity index (χ3v) is 5.18. The van der Waals surface area contributed by atoms with Crippen LogP contribution in [0.3, 0.4) is 0 Å². The second-order valence-electron chi connectivity index (χ2n) is 6.96. The zero-order valence-corrected chi connectivity index (χ0v) is 15.7. The molecule has 0 unspecified atom stereocenters. The summed E-state index contributed by atoms with van der Waals surface area (Å²) in [5, 5.41) is 0. The highest BCUT2D eigenvalue weighted by Gasteiger charge is 2.17. The first-order valence-corrected chi connectivity index (χ1v) is 9.51. The molecule has 2 nitrogen and oxygen atoms in total. The molecule has 2 heteroatoms. The first-order valence-electron chi connectivity index (χ1n) is 9.51. The van der Waals surface area contributed by atoms with Crippen molar-refractivity contribution < 1.29 is 0 Å². The maximum absolute atomic E-state index is 5.04. The van der Waals surface area contributed by atoms with Crippen LogP contribution in [0.25, 0.3) is 39.2 Å². The Kier molecular flexibility index (Phi) is 4.02. The van der Waals surface area contributed by atoms with Crippen LogP contribution >= 0.6 is 0 Å². The lowest BCUT2D eigenvalue weighted by Crippen LogP contribution is -1.99. The van der Waals surface area contributed by atoms with E-state index in [4.69, 9.17) is 4.98 Å². The predicted molar refractivity (Wildman–Crippen MR) is 117 cm³/mol. The minimum absolute atomic E-state index is 0.964.